The number of hydrogen-bond donors (Lipinski definition) is 1. The molecule has 0 saturated heterocycles. The van der Waals surface area contributed by atoms with Crippen LogP contribution >= 0.6 is 11.5 Å². The second kappa shape index (κ2) is 6.51. The fourth-order valence-corrected chi connectivity index (χ4v) is 2.43. The summed E-state index contributed by atoms with van der Waals surface area (Å²) >= 11 is 1.26. The number of aryl methyl sites for hydroxylation is 2. The normalized spacial score (nSPS) is 12.5. The Hall–Kier alpha value is -1.90. The van der Waals surface area contributed by atoms with Gasteiger partial charge in [0.1, 0.15) is 4.88 Å². The monoisotopic (exact) mass is 296 g/mol. The van der Waals surface area contributed by atoms with Crippen LogP contribution in [-0.4, -0.2) is 40.9 Å². The highest BCUT2D eigenvalue weighted by atomic mass is 32.1. The van der Waals surface area contributed by atoms with Crippen molar-refractivity contribution in [2.45, 2.75) is 39.7 Å². The van der Waals surface area contributed by atoms with E-state index in [1.807, 2.05) is 0 Å². The lowest BCUT2D eigenvalue weighted by atomic mass is 10.1. The molecule has 0 amide bonds. The van der Waals surface area contributed by atoms with Crippen LogP contribution in [0.25, 0.3) is 10.7 Å². The Balaban J connectivity index is 2.16. The summed E-state index contributed by atoms with van der Waals surface area (Å²) in [5.41, 5.74) is 0.889. The molecule has 20 heavy (non-hydrogen) atoms. The van der Waals surface area contributed by atoms with Crippen LogP contribution in [0.5, 0.6) is 0 Å². The lowest BCUT2D eigenvalue weighted by molar-refractivity contribution is -0.141. The Morgan fingerprint density at radius 1 is 1.45 bits per heavy atom. The Labute approximate surface area is 120 Å². The van der Waals surface area contributed by atoms with Crippen molar-refractivity contribution in [2.24, 2.45) is 5.92 Å². The fourth-order valence-electron chi connectivity index (χ4n) is 1.74. The molecule has 0 radical (unpaired) electrons. The van der Waals surface area contributed by atoms with Crippen LogP contribution in [0.15, 0.2) is 0 Å². The zero-order valence-corrected chi connectivity index (χ0v) is 12.2. The van der Waals surface area contributed by atoms with Crippen LogP contribution in [0.1, 0.15) is 32.4 Å². The quantitative estimate of drug-likeness (QED) is 0.819. The molecule has 2 aromatic rings. The third-order valence-corrected chi connectivity index (χ3v) is 3.74. The van der Waals surface area contributed by atoms with Crippen LogP contribution in [0.2, 0.25) is 0 Å². The Bertz CT molecular complexity index is 581. The maximum atomic E-state index is 10.8. The minimum absolute atomic E-state index is 0.429. The second-order valence-electron chi connectivity index (χ2n) is 4.55. The Morgan fingerprint density at radius 3 is 2.95 bits per heavy atom. The predicted octanol–water partition coefficient (Wildman–Crippen LogP) is 1.25. The van der Waals surface area contributed by atoms with Gasteiger partial charge >= 0.3 is 5.97 Å². The molecule has 0 aliphatic heterocycles. The molecule has 1 unspecified atom stereocenters. The molecule has 2 heterocycles. The molecule has 0 aliphatic rings. The van der Waals surface area contributed by atoms with E-state index in [1.165, 1.54) is 11.5 Å². The van der Waals surface area contributed by atoms with Crippen LogP contribution in [0.3, 0.4) is 0 Å². The van der Waals surface area contributed by atoms with Gasteiger partial charge < -0.3 is 5.11 Å². The zero-order valence-electron chi connectivity index (χ0n) is 11.4. The average Bonchev–Trinajstić information content (AvgIpc) is 3.04. The lowest BCUT2D eigenvalue weighted by Crippen LogP contribution is -2.14. The topological polar surface area (TPSA) is 107 Å². The molecule has 9 heteroatoms. The molecule has 2 aromatic heterocycles. The summed E-state index contributed by atoms with van der Waals surface area (Å²) in [5, 5.41) is 24.6. The molecule has 0 aliphatic carbocycles. The average molecular weight is 296 g/mol. The van der Waals surface area contributed by atoms with Crippen molar-refractivity contribution >= 4 is 17.5 Å². The highest BCUT2D eigenvalue weighted by molar-refractivity contribution is 7.09. The second-order valence-corrected chi connectivity index (χ2v) is 5.31. The molecule has 0 fully saturated rings. The van der Waals surface area contributed by atoms with E-state index in [0.717, 1.165) is 23.4 Å². The molecule has 8 nitrogen and oxygen atoms in total. The van der Waals surface area contributed by atoms with E-state index in [0.29, 0.717) is 18.8 Å². The van der Waals surface area contributed by atoms with E-state index in [-0.39, 0.29) is 0 Å². The van der Waals surface area contributed by atoms with Gasteiger partial charge in [0.15, 0.2) is 5.82 Å². The molecule has 1 N–H and O–H groups in total. The third kappa shape index (κ3) is 3.16. The molecule has 2 rings (SSSR count). The Kier molecular flexibility index (Phi) is 4.72. The lowest BCUT2D eigenvalue weighted by Gasteiger charge is -2.07. The van der Waals surface area contributed by atoms with Gasteiger partial charge in [-0.2, -0.15) is 0 Å². The number of carbonyl (C=O) groups is 1. The van der Waals surface area contributed by atoms with Crippen molar-refractivity contribution in [3.8, 4) is 10.7 Å². The van der Waals surface area contributed by atoms with Gasteiger partial charge in [0, 0.05) is 6.54 Å². The minimum atomic E-state index is -0.814. The van der Waals surface area contributed by atoms with Gasteiger partial charge in [-0.3, -0.25) is 4.79 Å². The van der Waals surface area contributed by atoms with E-state index < -0.39 is 11.9 Å². The number of hydrogen-bond acceptors (Lipinski definition) is 7. The van der Waals surface area contributed by atoms with Gasteiger partial charge in [0.05, 0.1) is 11.6 Å². The van der Waals surface area contributed by atoms with Gasteiger partial charge in [0.25, 0.3) is 0 Å². The first-order valence-corrected chi connectivity index (χ1v) is 7.21. The first-order chi connectivity index (χ1) is 9.63. The summed E-state index contributed by atoms with van der Waals surface area (Å²) in [7, 11) is 0. The molecule has 0 spiro atoms. The smallest absolute Gasteiger partial charge is 0.306 e. The van der Waals surface area contributed by atoms with Gasteiger partial charge in [-0.05, 0) is 34.8 Å². The van der Waals surface area contributed by atoms with Gasteiger partial charge in [-0.1, -0.05) is 24.8 Å². The van der Waals surface area contributed by atoms with Crippen molar-refractivity contribution in [1.82, 2.24) is 29.8 Å². The summed E-state index contributed by atoms with van der Waals surface area (Å²) in [4.78, 5) is 11.7. The van der Waals surface area contributed by atoms with Crippen LogP contribution < -0.4 is 0 Å². The van der Waals surface area contributed by atoms with Crippen molar-refractivity contribution in [2.75, 3.05) is 0 Å². The van der Waals surface area contributed by atoms with Crippen molar-refractivity contribution in [3.05, 3.63) is 5.69 Å². The van der Waals surface area contributed by atoms with E-state index >= 15 is 0 Å². The van der Waals surface area contributed by atoms with E-state index in [4.69, 9.17) is 5.11 Å². The molecular weight excluding hydrogens is 280 g/mol. The zero-order chi connectivity index (χ0) is 14.5. The van der Waals surface area contributed by atoms with Crippen LogP contribution in [0.4, 0.5) is 0 Å². The number of aromatic nitrogens is 6. The van der Waals surface area contributed by atoms with Gasteiger partial charge in [-0.25, -0.2) is 4.68 Å². The molecule has 1 atom stereocenters. The maximum Gasteiger partial charge on any atom is 0.306 e. The number of carboxylic acids is 1. The van der Waals surface area contributed by atoms with Gasteiger partial charge in [-0.15, -0.1) is 10.2 Å². The summed E-state index contributed by atoms with van der Waals surface area (Å²) in [6.07, 6.45) is 2.27. The summed E-state index contributed by atoms with van der Waals surface area (Å²) in [6.45, 7) is 4.20. The van der Waals surface area contributed by atoms with Gasteiger partial charge in [0.2, 0.25) is 0 Å². The standard InChI is InChI=1S/C11H16N6O2S/c1-3-4-8-9(20-16-12-8)10-13-14-15-17(10)6-5-7(2)11(18)19/h7H,3-6H2,1-2H3,(H,18,19). The largest absolute Gasteiger partial charge is 0.481 e. The summed E-state index contributed by atoms with van der Waals surface area (Å²) in [5.74, 6) is -0.631. The predicted molar refractivity (Wildman–Crippen MR) is 72.1 cm³/mol. The Morgan fingerprint density at radius 2 is 2.25 bits per heavy atom. The molecule has 0 bridgehead atoms. The SMILES string of the molecule is CCCc1nnsc1-c1nnnn1CCC(C)C(=O)O. The van der Waals surface area contributed by atoms with Crippen molar-refractivity contribution in [3.63, 3.8) is 0 Å². The number of rotatable bonds is 7. The highest BCUT2D eigenvalue weighted by Crippen LogP contribution is 2.24. The third-order valence-electron chi connectivity index (χ3n) is 2.97. The number of nitrogens with zero attached hydrogens (tertiary/aromatic N) is 6. The first kappa shape index (κ1) is 14.5. The molecular formula is C11H16N6O2S. The summed E-state index contributed by atoms with van der Waals surface area (Å²) < 4.78 is 5.57. The van der Waals surface area contributed by atoms with E-state index in [9.17, 15) is 4.79 Å². The highest BCUT2D eigenvalue weighted by Gasteiger charge is 2.18. The number of tetrazole rings is 1. The van der Waals surface area contributed by atoms with Crippen molar-refractivity contribution in [1.29, 1.82) is 0 Å². The number of carboxylic acid groups (broad SMARTS) is 1. The first-order valence-electron chi connectivity index (χ1n) is 6.44. The fraction of sp³-hybridized carbons (Fsp3) is 0.636. The van der Waals surface area contributed by atoms with E-state index in [1.54, 1.807) is 11.6 Å². The molecule has 0 aromatic carbocycles. The van der Waals surface area contributed by atoms with Crippen LogP contribution in [0, 0.1) is 5.92 Å². The molecule has 108 valence electrons. The molecule has 0 saturated carbocycles. The maximum absolute atomic E-state index is 10.8. The van der Waals surface area contributed by atoms with Crippen LogP contribution in [-0.2, 0) is 17.8 Å². The van der Waals surface area contributed by atoms with Crippen molar-refractivity contribution < 1.29 is 9.90 Å². The summed E-state index contributed by atoms with van der Waals surface area (Å²) in [6, 6.07) is 0. The minimum Gasteiger partial charge on any atom is -0.481 e. The van der Waals surface area contributed by atoms with E-state index in [2.05, 4.69) is 32.0 Å². The number of aliphatic carboxylic acids is 1.